The van der Waals surface area contributed by atoms with Crippen LogP contribution in [0.4, 0.5) is 0 Å². The fourth-order valence-electron chi connectivity index (χ4n) is 5.26. The van der Waals surface area contributed by atoms with Crippen molar-refractivity contribution in [3.8, 4) is 0 Å². The van der Waals surface area contributed by atoms with Crippen LogP contribution in [0.2, 0.25) is 0 Å². The highest BCUT2D eigenvalue weighted by molar-refractivity contribution is 5.67. The lowest BCUT2D eigenvalue weighted by Gasteiger charge is -2.59. The van der Waals surface area contributed by atoms with E-state index in [4.69, 9.17) is 5.11 Å². The quantitative estimate of drug-likeness (QED) is 0.795. The zero-order chi connectivity index (χ0) is 11.3. The zero-order valence-electron chi connectivity index (χ0n) is 10.1. The second-order valence-corrected chi connectivity index (χ2v) is 6.78. The van der Waals surface area contributed by atoms with Crippen molar-refractivity contribution in [3.05, 3.63) is 0 Å². The van der Waals surface area contributed by atoms with Gasteiger partial charge in [0.05, 0.1) is 0 Å². The molecule has 4 saturated carbocycles. The van der Waals surface area contributed by atoms with Crippen molar-refractivity contribution in [1.82, 2.24) is 0 Å². The van der Waals surface area contributed by atoms with Gasteiger partial charge in [-0.1, -0.05) is 6.92 Å². The molecular weight excluding hydrogens is 200 g/mol. The molecule has 16 heavy (non-hydrogen) atoms. The number of carbonyl (C=O) groups is 1. The van der Waals surface area contributed by atoms with Crippen LogP contribution in [0.1, 0.15) is 51.9 Å². The van der Waals surface area contributed by atoms with E-state index in [0.29, 0.717) is 17.8 Å². The Bertz CT molecular complexity index is 273. The second-order valence-electron chi connectivity index (χ2n) is 6.78. The van der Waals surface area contributed by atoms with Crippen LogP contribution in [0, 0.1) is 29.1 Å². The molecular formula is C14H22O2. The summed E-state index contributed by atoms with van der Waals surface area (Å²) in [6.07, 6.45) is 8.69. The third kappa shape index (κ3) is 1.57. The molecule has 0 spiro atoms. The van der Waals surface area contributed by atoms with Crippen LogP contribution in [0.5, 0.6) is 0 Å². The van der Waals surface area contributed by atoms with Gasteiger partial charge >= 0.3 is 5.97 Å². The molecule has 0 amide bonds. The Morgan fingerprint density at radius 1 is 1.19 bits per heavy atom. The first kappa shape index (κ1) is 10.6. The van der Waals surface area contributed by atoms with Gasteiger partial charge in [0.15, 0.2) is 0 Å². The molecule has 4 aliphatic carbocycles. The van der Waals surface area contributed by atoms with Crippen molar-refractivity contribution in [1.29, 1.82) is 0 Å². The molecule has 4 aliphatic rings. The number of aliphatic carboxylic acids is 1. The first-order valence-electron chi connectivity index (χ1n) is 6.79. The molecule has 0 radical (unpaired) electrons. The maximum absolute atomic E-state index is 10.9. The molecule has 1 atom stereocenters. The van der Waals surface area contributed by atoms with Gasteiger partial charge < -0.3 is 5.11 Å². The highest BCUT2D eigenvalue weighted by Gasteiger charge is 2.53. The molecule has 1 N–H and O–H groups in total. The summed E-state index contributed by atoms with van der Waals surface area (Å²) in [5.41, 5.74) is 0.410. The lowest BCUT2D eigenvalue weighted by Crippen LogP contribution is -2.49. The monoisotopic (exact) mass is 222 g/mol. The number of hydrogen-bond donors (Lipinski definition) is 1. The molecule has 0 aromatic rings. The Balaban J connectivity index is 1.80. The van der Waals surface area contributed by atoms with Crippen LogP contribution in [0.25, 0.3) is 0 Å². The smallest absolute Gasteiger partial charge is 0.303 e. The number of carboxylic acid groups (broad SMARTS) is 1. The van der Waals surface area contributed by atoms with E-state index in [1.165, 1.54) is 38.5 Å². The van der Waals surface area contributed by atoms with Crippen molar-refractivity contribution < 1.29 is 9.90 Å². The van der Waals surface area contributed by atoms with Crippen molar-refractivity contribution >= 4 is 5.97 Å². The first-order valence-corrected chi connectivity index (χ1v) is 6.79. The van der Waals surface area contributed by atoms with E-state index in [9.17, 15) is 4.79 Å². The lowest BCUT2D eigenvalue weighted by molar-refractivity contribution is -0.142. The van der Waals surface area contributed by atoms with Gasteiger partial charge in [-0.25, -0.2) is 0 Å². The van der Waals surface area contributed by atoms with Crippen molar-refractivity contribution in [2.75, 3.05) is 0 Å². The van der Waals surface area contributed by atoms with Crippen LogP contribution in [-0.2, 0) is 4.79 Å². The number of carboxylic acids is 1. The minimum Gasteiger partial charge on any atom is -0.481 e. The lowest BCUT2D eigenvalue weighted by atomic mass is 9.46. The van der Waals surface area contributed by atoms with Gasteiger partial charge in [-0.3, -0.25) is 4.79 Å². The maximum atomic E-state index is 10.9. The summed E-state index contributed by atoms with van der Waals surface area (Å²) in [7, 11) is 0. The summed E-state index contributed by atoms with van der Waals surface area (Å²) in [6.45, 7) is 2.18. The minimum absolute atomic E-state index is 0.381. The molecule has 4 rings (SSSR count). The summed E-state index contributed by atoms with van der Waals surface area (Å²) < 4.78 is 0. The fraction of sp³-hybridized carbons (Fsp3) is 0.929. The minimum atomic E-state index is -0.608. The average Bonchev–Trinajstić information content (AvgIpc) is 2.13. The second kappa shape index (κ2) is 3.48. The van der Waals surface area contributed by atoms with Gasteiger partial charge in [0.1, 0.15) is 0 Å². The maximum Gasteiger partial charge on any atom is 0.303 e. The highest BCUT2D eigenvalue weighted by Crippen LogP contribution is 2.63. The Morgan fingerprint density at radius 2 is 1.62 bits per heavy atom. The SMILES string of the molecule is CC(CC(=O)O)C12CC3CC(CC(C3)C1)C2. The van der Waals surface area contributed by atoms with Gasteiger partial charge in [-0.15, -0.1) is 0 Å². The van der Waals surface area contributed by atoms with Crippen molar-refractivity contribution in [2.24, 2.45) is 29.1 Å². The summed E-state index contributed by atoms with van der Waals surface area (Å²) in [5, 5.41) is 8.99. The third-order valence-electron chi connectivity index (χ3n) is 5.61. The zero-order valence-corrected chi connectivity index (χ0v) is 10.1. The van der Waals surface area contributed by atoms with E-state index in [-0.39, 0.29) is 0 Å². The van der Waals surface area contributed by atoms with E-state index in [0.717, 1.165) is 17.8 Å². The van der Waals surface area contributed by atoms with E-state index >= 15 is 0 Å². The average molecular weight is 222 g/mol. The van der Waals surface area contributed by atoms with Crippen LogP contribution in [0.3, 0.4) is 0 Å². The van der Waals surface area contributed by atoms with Crippen LogP contribution < -0.4 is 0 Å². The van der Waals surface area contributed by atoms with E-state index in [2.05, 4.69) is 6.92 Å². The number of hydrogen-bond acceptors (Lipinski definition) is 1. The predicted molar refractivity (Wildman–Crippen MR) is 62.0 cm³/mol. The van der Waals surface area contributed by atoms with Gasteiger partial charge in [0.2, 0.25) is 0 Å². The summed E-state index contributed by atoms with van der Waals surface area (Å²) in [4.78, 5) is 10.9. The van der Waals surface area contributed by atoms with E-state index in [1.54, 1.807) is 0 Å². The first-order chi connectivity index (χ1) is 7.57. The van der Waals surface area contributed by atoms with E-state index in [1.807, 2.05) is 0 Å². The molecule has 4 bridgehead atoms. The van der Waals surface area contributed by atoms with Crippen molar-refractivity contribution in [2.45, 2.75) is 51.9 Å². The van der Waals surface area contributed by atoms with Crippen LogP contribution in [0.15, 0.2) is 0 Å². The van der Waals surface area contributed by atoms with Crippen LogP contribution >= 0.6 is 0 Å². The molecule has 2 heteroatoms. The standard InChI is InChI=1S/C14H22O2/c1-9(2-13(15)16)14-6-10-3-11(7-14)5-12(4-10)8-14/h9-12H,2-8H2,1H3,(H,15,16). The molecule has 2 nitrogen and oxygen atoms in total. The van der Waals surface area contributed by atoms with E-state index < -0.39 is 5.97 Å². The molecule has 0 saturated heterocycles. The van der Waals surface area contributed by atoms with Crippen molar-refractivity contribution in [3.63, 3.8) is 0 Å². The van der Waals surface area contributed by atoms with Gasteiger partial charge in [-0.05, 0) is 67.6 Å². The summed E-state index contributed by atoms with van der Waals surface area (Å²) >= 11 is 0. The highest BCUT2D eigenvalue weighted by atomic mass is 16.4. The Labute approximate surface area is 97.4 Å². The topological polar surface area (TPSA) is 37.3 Å². The Morgan fingerprint density at radius 3 is 2.00 bits per heavy atom. The molecule has 1 unspecified atom stereocenters. The van der Waals surface area contributed by atoms with Gasteiger partial charge in [-0.2, -0.15) is 0 Å². The molecule has 0 aromatic carbocycles. The normalized spacial score (nSPS) is 46.9. The largest absolute Gasteiger partial charge is 0.481 e. The molecule has 90 valence electrons. The predicted octanol–water partition coefficient (Wildman–Crippen LogP) is 3.31. The number of rotatable bonds is 3. The molecule has 0 aromatic heterocycles. The fourth-order valence-corrected chi connectivity index (χ4v) is 5.26. The molecule has 0 aliphatic heterocycles. The van der Waals surface area contributed by atoms with Gasteiger partial charge in [0.25, 0.3) is 0 Å². The van der Waals surface area contributed by atoms with Crippen LogP contribution in [-0.4, -0.2) is 11.1 Å². The molecule has 0 heterocycles. The Hall–Kier alpha value is -0.530. The summed E-state index contributed by atoms with van der Waals surface area (Å²) in [5.74, 6) is 2.58. The Kier molecular flexibility index (Phi) is 2.31. The van der Waals surface area contributed by atoms with Gasteiger partial charge in [0, 0.05) is 6.42 Å². The molecule has 4 fully saturated rings. The summed E-state index contributed by atoms with van der Waals surface area (Å²) in [6, 6.07) is 0. The third-order valence-corrected chi connectivity index (χ3v) is 5.61.